The van der Waals surface area contributed by atoms with Gasteiger partial charge in [0.25, 0.3) is 0 Å². The smallest absolute Gasteiger partial charge is 0.126 e. The van der Waals surface area contributed by atoms with Crippen LogP contribution in [-0.2, 0) is 0 Å². The van der Waals surface area contributed by atoms with Crippen molar-refractivity contribution in [3.05, 3.63) is 30.2 Å². The minimum atomic E-state index is 0.396. The fourth-order valence-electron chi connectivity index (χ4n) is 1.75. The molecule has 0 atom stereocenters. The summed E-state index contributed by atoms with van der Waals surface area (Å²) in [5, 5.41) is 3.53. The van der Waals surface area contributed by atoms with E-state index < -0.39 is 0 Å². The van der Waals surface area contributed by atoms with Gasteiger partial charge in [0.1, 0.15) is 5.76 Å². The minimum Gasteiger partial charge on any atom is -0.465 e. The van der Waals surface area contributed by atoms with E-state index in [9.17, 15) is 0 Å². The maximum Gasteiger partial charge on any atom is 0.126 e. The summed E-state index contributed by atoms with van der Waals surface area (Å²) in [6.07, 6.45) is 9.80. The Morgan fingerprint density at radius 1 is 1.57 bits per heavy atom. The van der Waals surface area contributed by atoms with E-state index in [1.165, 1.54) is 19.3 Å². The Labute approximate surface area is 85.0 Å². The van der Waals surface area contributed by atoms with Gasteiger partial charge >= 0.3 is 0 Å². The molecule has 0 amide bonds. The highest BCUT2D eigenvalue weighted by Gasteiger charge is 2.30. The Morgan fingerprint density at radius 3 is 3.00 bits per heavy atom. The first-order valence-corrected chi connectivity index (χ1v) is 5.24. The molecule has 1 fully saturated rings. The molecule has 0 spiro atoms. The van der Waals surface area contributed by atoms with Crippen LogP contribution in [0.4, 0.5) is 0 Å². The molecule has 2 heteroatoms. The van der Waals surface area contributed by atoms with Gasteiger partial charge in [-0.3, -0.25) is 0 Å². The molecule has 0 unspecified atom stereocenters. The zero-order valence-corrected chi connectivity index (χ0v) is 8.62. The highest BCUT2D eigenvalue weighted by atomic mass is 16.3. The molecule has 76 valence electrons. The number of hydrogen-bond donors (Lipinski definition) is 1. The number of nitrogens with one attached hydrogen (secondary N) is 1. The van der Waals surface area contributed by atoms with Crippen molar-refractivity contribution in [2.24, 2.45) is 0 Å². The quantitative estimate of drug-likeness (QED) is 0.791. The van der Waals surface area contributed by atoms with Gasteiger partial charge in [0.15, 0.2) is 0 Å². The Morgan fingerprint density at radius 2 is 2.43 bits per heavy atom. The molecule has 0 aliphatic heterocycles. The zero-order valence-electron chi connectivity index (χ0n) is 8.62. The minimum absolute atomic E-state index is 0.396. The second kappa shape index (κ2) is 4.01. The molecule has 2 nitrogen and oxygen atoms in total. The summed E-state index contributed by atoms with van der Waals surface area (Å²) in [5.74, 6) is 0.922. The average Bonchev–Trinajstić information content (AvgIpc) is 2.62. The molecule has 2 rings (SSSR count). The third-order valence-electron chi connectivity index (χ3n) is 2.93. The van der Waals surface area contributed by atoms with Crippen LogP contribution in [0.15, 0.2) is 28.9 Å². The molecular formula is C12H17NO. The Hall–Kier alpha value is -1.02. The maximum atomic E-state index is 5.19. The molecule has 0 saturated heterocycles. The van der Waals surface area contributed by atoms with E-state index in [2.05, 4.69) is 18.3 Å². The van der Waals surface area contributed by atoms with Crippen molar-refractivity contribution < 1.29 is 4.42 Å². The van der Waals surface area contributed by atoms with Gasteiger partial charge in [0, 0.05) is 12.1 Å². The number of hydrogen-bond acceptors (Lipinski definition) is 2. The van der Waals surface area contributed by atoms with Gasteiger partial charge in [-0.15, -0.1) is 0 Å². The van der Waals surface area contributed by atoms with E-state index in [1.54, 1.807) is 6.26 Å². The van der Waals surface area contributed by atoms with E-state index in [-0.39, 0.29) is 0 Å². The summed E-state index contributed by atoms with van der Waals surface area (Å²) in [4.78, 5) is 0. The van der Waals surface area contributed by atoms with Crippen LogP contribution in [0.1, 0.15) is 31.9 Å². The molecule has 1 aliphatic carbocycles. The van der Waals surface area contributed by atoms with Crippen LogP contribution in [0.5, 0.6) is 0 Å². The molecule has 0 bridgehead atoms. The Kier molecular flexibility index (Phi) is 2.73. The van der Waals surface area contributed by atoms with E-state index in [4.69, 9.17) is 4.42 Å². The molecule has 1 N–H and O–H groups in total. The largest absolute Gasteiger partial charge is 0.465 e. The lowest BCUT2D eigenvalue weighted by Gasteiger charge is -2.39. The SMILES string of the molecule is CC1(NC/C=C/c2ccco2)CCC1. The second-order valence-corrected chi connectivity index (χ2v) is 4.21. The van der Waals surface area contributed by atoms with Gasteiger partial charge in [-0.25, -0.2) is 0 Å². The molecular weight excluding hydrogens is 174 g/mol. The van der Waals surface area contributed by atoms with Crippen molar-refractivity contribution in [1.82, 2.24) is 5.32 Å². The van der Waals surface area contributed by atoms with Crippen LogP contribution >= 0.6 is 0 Å². The predicted octanol–water partition coefficient (Wildman–Crippen LogP) is 2.83. The fourth-order valence-corrected chi connectivity index (χ4v) is 1.75. The monoisotopic (exact) mass is 191 g/mol. The molecule has 1 aromatic rings. The number of rotatable bonds is 4. The van der Waals surface area contributed by atoms with Gasteiger partial charge in [-0.1, -0.05) is 6.08 Å². The first-order chi connectivity index (χ1) is 6.79. The lowest BCUT2D eigenvalue weighted by atomic mass is 9.78. The number of furan rings is 1. The third-order valence-corrected chi connectivity index (χ3v) is 2.93. The van der Waals surface area contributed by atoms with E-state index >= 15 is 0 Å². The van der Waals surface area contributed by atoms with E-state index in [0.717, 1.165) is 12.3 Å². The fraction of sp³-hybridized carbons (Fsp3) is 0.500. The van der Waals surface area contributed by atoms with Crippen LogP contribution in [0.3, 0.4) is 0 Å². The summed E-state index contributed by atoms with van der Waals surface area (Å²) in [5.41, 5.74) is 0.396. The predicted molar refractivity (Wildman–Crippen MR) is 58.0 cm³/mol. The Balaban J connectivity index is 1.72. The molecule has 0 radical (unpaired) electrons. The second-order valence-electron chi connectivity index (χ2n) is 4.21. The lowest BCUT2D eigenvalue weighted by Crippen LogP contribution is -2.48. The highest BCUT2D eigenvalue weighted by molar-refractivity contribution is 5.42. The van der Waals surface area contributed by atoms with Gasteiger partial charge in [0.05, 0.1) is 6.26 Å². The average molecular weight is 191 g/mol. The van der Waals surface area contributed by atoms with Crippen molar-refractivity contribution in [2.45, 2.75) is 31.7 Å². The first kappa shape index (κ1) is 9.53. The molecule has 14 heavy (non-hydrogen) atoms. The van der Waals surface area contributed by atoms with Crippen LogP contribution in [0, 0.1) is 0 Å². The zero-order chi connectivity index (χ0) is 9.86. The van der Waals surface area contributed by atoms with Gasteiger partial charge in [-0.2, -0.15) is 0 Å². The van der Waals surface area contributed by atoms with Crippen LogP contribution in [0.25, 0.3) is 6.08 Å². The lowest BCUT2D eigenvalue weighted by molar-refractivity contribution is 0.217. The van der Waals surface area contributed by atoms with Gasteiger partial charge in [-0.05, 0) is 44.4 Å². The summed E-state index contributed by atoms with van der Waals surface area (Å²) >= 11 is 0. The molecule has 1 aliphatic rings. The normalized spacial score (nSPS) is 19.8. The van der Waals surface area contributed by atoms with Crippen molar-refractivity contribution in [3.63, 3.8) is 0 Å². The van der Waals surface area contributed by atoms with Gasteiger partial charge < -0.3 is 9.73 Å². The van der Waals surface area contributed by atoms with Crippen LogP contribution < -0.4 is 5.32 Å². The summed E-state index contributed by atoms with van der Waals surface area (Å²) in [6.45, 7) is 3.22. The summed E-state index contributed by atoms with van der Waals surface area (Å²) in [7, 11) is 0. The van der Waals surface area contributed by atoms with Crippen LogP contribution in [-0.4, -0.2) is 12.1 Å². The standard InChI is InChI=1S/C12H17NO/c1-12(7-4-8-12)13-9-2-5-11-6-3-10-14-11/h2-3,5-6,10,13H,4,7-9H2,1H3/b5-2+. The van der Waals surface area contributed by atoms with Crippen LogP contribution in [0.2, 0.25) is 0 Å². The molecule has 1 aromatic heterocycles. The summed E-state index contributed by atoms with van der Waals surface area (Å²) < 4.78 is 5.19. The Bertz CT molecular complexity index is 296. The van der Waals surface area contributed by atoms with Crippen molar-refractivity contribution >= 4 is 6.08 Å². The maximum absolute atomic E-state index is 5.19. The molecule has 1 heterocycles. The van der Waals surface area contributed by atoms with Crippen molar-refractivity contribution in [2.75, 3.05) is 6.54 Å². The highest BCUT2D eigenvalue weighted by Crippen LogP contribution is 2.30. The van der Waals surface area contributed by atoms with Gasteiger partial charge in [0.2, 0.25) is 0 Å². The third kappa shape index (κ3) is 2.26. The van der Waals surface area contributed by atoms with Crippen molar-refractivity contribution in [1.29, 1.82) is 0 Å². The van der Waals surface area contributed by atoms with E-state index in [0.29, 0.717) is 5.54 Å². The topological polar surface area (TPSA) is 25.2 Å². The van der Waals surface area contributed by atoms with E-state index in [1.807, 2.05) is 18.2 Å². The van der Waals surface area contributed by atoms with Crippen molar-refractivity contribution in [3.8, 4) is 0 Å². The summed E-state index contributed by atoms with van der Waals surface area (Å²) in [6, 6.07) is 3.86. The molecule has 0 aromatic carbocycles. The molecule has 1 saturated carbocycles. The first-order valence-electron chi connectivity index (χ1n) is 5.24.